The van der Waals surface area contributed by atoms with E-state index in [1.807, 2.05) is 6.07 Å². The second kappa shape index (κ2) is 9.45. The molecular formula is C22H19F2N3O2. The van der Waals surface area contributed by atoms with Crippen molar-refractivity contribution in [1.29, 1.82) is 0 Å². The van der Waals surface area contributed by atoms with E-state index in [-0.39, 0.29) is 18.7 Å². The number of rotatable bonds is 6. The van der Waals surface area contributed by atoms with E-state index in [0.29, 0.717) is 11.4 Å². The lowest BCUT2D eigenvalue weighted by Gasteiger charge is -2.23. The summed E-state index contributed by atoms with van der Waals surface area (Å²) in [6.07, 6.45) is 0. The minimum absolute atomic E-state index is 0.0745. The van der Waals surface area contributed by atoms with Crippen molar-refractivity contribution in [2.45, 2.75) is 0 Å². The summed E-state index contributed by atoms with van der Waals surface area (Å²) in [7, 11) is 0. The van der Waals surface area contributed by atoms with Crippen LogP contribution in [-0.2, 0) is 0 Å². The Morgan fingerprint density at radius 2 is 1.48 bits per heavy atom. The standard InChI is InChI=1S/C22H19F2N3O2/c23-16-10-12-18(13-11-16)27(22(29)26-17-6-2-1-3-7-17)15-14-25-21(28)19-8-4-5-9-20(19)24/h1-13H,14-15H2,(H,25,28)(H,26,29). The van der Waals surface area contributed by atoms with Crippen LogP contribution < -0.4 is 15.5 Å². The second-order valence-corrected chi connectivity index (χ2v) is 6.16. The van der Waals surface area contributed by atoms with Gasteiger partial charge in [-0.1, -0.05) is 30.3 Å². The maximum absolute atomic E-state index is 13.7. The molecule has 3 aromatic rings. The number of nitrogens with zero attached hydrogens (tertiary/aromatic N) is 1. The van der Waals surface area contributed by atoms with Gasteiger partial charge in [-0.15, -0.1) is 0 Å². The van der Waals surface area contributed by atoms with Gasteiger partial charge in [-0.05, 0) is 48.5 Å². The fourth-order valence-corrected chi connectivity index (χ4v) is 2.70. The molecule has 0 fully saturated rings. The number of para-hydroxylation sites is 1. The van der Waals surface area contributed by atoms with Gasteiger partial charge in [0.05, 0.1) is 5.56 Å². The van der Waals surface area contributed by atoms with E-state index in [2.05, 4.69) is 10.6 Å². The third-order valence-corrected chi connectivity index (χ3v) is 4.15. The highest BCUT2D eigenvalue weighted by Crippen LogP contribution is 2.17. The van der Waals surface area contributed by atoms with Crippen molar-refractivity contribution in [2.75, 3.05) is 23.3 Å². The van der Waals surface area contributed by atoms with Gasteiger partial charge in [-0.2, -0.15) is 0 Å². The topological polar surface area (TPSA) is 61.4 Å². The highest BCUT2D eigenvalue weighted by atomic mass is 19.1. The van der Waals surface area contributed by atoms with Gasteiger partial charge in [0.15, 0.2) is 0 Å². The monoisotopic (exact) mass is 395 g/mol. The number of carbonyl (C=O) groups excluding carboxylic acids is 2. The predicted molar refractivity (Wildman–Crippen MR) is 108 cm³/mol. The Kier molecular flexibility index (Phi) is 6.52. The van der Waals surface area contributed by atoms with E-state index < -0.39 is 23.6 Å². The zero-order valence-corrected chi connectivity index (χ0v) is 15.4. The van der Waals surface area contributed by atoms with Crippen LogP contribution in [0.4, 0.5) is 25.0 Å². The third kappa shape index (κ3) is 5.38. The Morgan fingerprint density at radius 3 is 2.17 bits per heavy atom. The minimum atomic E-state index is -0.623. The van der Waals surface area contributed by atoms with E-state index in [9.17, 15) is 18.4 Å². The lowest BCUT2D eigenvalue weighted by atomic mass is 10.2. The summed E-state index contributed by atoms with van der Waals surface area (Å²) < 4.78 is 27.0. The smallest absolute Gasteiger partial charge is 0.326 e. The number of anilines is 2. The third-order valence-electron chi connectivity index (χ3n) is 4.15. The van der Waals surface area contributed by atoms with E-state index in [1.54, 1.807) is 30.3 Å². The van der Waals surface area contributed by atoms with Crippen LogP contribution >= 0.6 is 0 Å². The van der Waals surface area contributed by atoms with Crippen LogP contribution in [0.1, 0.15) is 10.4 Å². The van der Waals surface area contributed by atoms with Crippen LogP contribution in [0, 0.1) is 11.6 Å². The van der Waals surface area contributed by atoms with Crippen LogP contribution in [0.3, 0.4) is 0 Å². The molecule has 0 saturated carbocycles. The van der Waals surface area contributed by atoms with Crippen molar-refractivity contribution in [2.24, 2.45) is 0 Å². The van der Waals surface area contributed by atoms with Crippen LogP contribution in [0.25, 0.3) is 0 Å². The van der Waals surface area contributed by atoms with Gasteiger partial charge in [-0.25, -0.2) is 13.6 Å². The molecule has 0 saturated heterocycles. The Balaban J connectivity index is 1.69. The van der Waals surface area contributed by atoms with Crippen LogP contribution in [0.15, 0.2) is 78.9 Å². The lowest BCUT2D eigenvalue weighted by Crippen LogP contribution is -2.41. The summed E-state index contributed by atoms with van der Waals surface area (Å²) >= 11 is 0. The molecule has 7 heteroatoms. The van der Waals surface area contributed by atoms with Crippen molar-refractivity contribution in [1.82, 2.24) is 5.32 Å². The molecule has 0 atom stereocenters. The average molecular weight is 395 g/mol. The Hall–Kier alpha value is -3.74. The number of nitrogens with one attached hydrogen (secondary N) is 2. The number of halogens is 2. The molecule has 0 spiro atoms. The zero-order valence-electron chi connectivity index (χ0n) is 15.4. The fourth-order valence-electron chi connectivity index (χ4n) is 2.70. The summed E-state index contributed by atoms with van der Waals surface area (Å²) in [5, 5.41) is 5.35. The van der Waals surface area contributed by atoms with Crippen molar-refractivity contribution in [3.8, 4) is 0 Å². The molecule has 0 aliphatic heterocycles. The van der Waals surface area contributed by atoms with E-state index in [1.165, 1.54) is 47.4 Å². The number of urea groups is 1. The van der Waals surface area contributed by atoms with Crippen LogP contribution in [-0.4, -0.2) is 25.0 Å². The molecule has 5 nitrogen and oxygen atoms in total. The minimum Gasteiger partial charge on any atom is -0.350 e. The Labute approximate surface area is 167 Å². The number of hydrogen-bond donors (Lipinski definition) is 2. The van der Waals surface area contributed by atoms with Gasteiger partial charge in [0.25, 0.3) is 5.91 Å². The van der Waals surface area contributed by atoms with Crippen molar-refractivity contribution >= 4 is 23.3 Å². The molecule has 0 heterocycles. The van der Waals surface area contributed by atoms with E-state index in [0.717, 1.165) is 0 Å². The summed E-state index contributed by atoms with van der Waals surface area (Å²) in [5.74, 6) is -1.63. The first-order chi connectivity index (χ1) is 14.0. The lowest BCUT2D eigenvalue weighted by molar-refractivity contribution is 0.0950. The molecule has 3 aromatic carbocycles. The molecule has 0 bridgehead atoms. The molecule has 0 aromatic heterocycles. The zero-order chi connectivity index (χ0) is 20.6. The molecule has 3 rings (SSSR count). The average Bonchev–Trinajstić information content (AvgIpc) is 2.73. The Bertz CT molecular complexity index is 979. The first kappa shape index (κ1) is 20.0. The normalized spacial score (nSPS) is 10.3. The van der Waals surface area contributed by atoms with E-state index in [4.69, 9.17) is 0 Å². The van der Waals surface area contributed by atoms with Gasteiger partial charge in [-0.3, -0.25) is 9.69 Å². The van der Waals surface area contributed by atoms with E-state index >= 15 is 0 Å². The van der Waals surface area contributed by atoms with Gasteiger partial charge >= 0.3 is 6.03 Å². The summed E-state index contributed by atoms with van der Waals surface area (Å²) in [5.41, 5.74) is 0.981. The fraction of sp³-hybridized carbons (Fsp3) is 0.0909. The predicted octanol–water partition coefficient (Wildman–Crippen LogP) is 4.43. The molecule has 29 heavy (non-hydrogen) atoms. The molecular weight excluding hydrogens is 376 g/mol. The van der Waals surface area contributed by atoms with Gasteiger partial charge in [0.1, 0.15) is 11.6 Å². The highest BCUT2D eigenvalue weighted by molar-refractivity contribution is 6.01. The molecule has 2 N–H and O–H groups in total. The maximum atomic E-state index is 13.7. The molecule has 0 unspecified atom stereocenters. The van der Waals surface area contributed by atoms with Crippen molar-refractivity contribution in [3.63, 3.8) is 0 Å². The second-order valence-electron chi connectivity index (χ2n) is 6.16. The molecule has 3 amide bonds. The summed E-state index contributed by atoms with van der Waals surface area (Å²) in [4.78, 5) is 26.3. The van der Waals surface area contributed by atoms with Crippen molar-refractivity contribution < 1.29 is 18.4 Å². The number of amides is 3. The Morgan fingerprint density at radius 1 is 0.828 bits per heavy atom. The quantitative estimate of drug-likeness (QED) is 0.649. The highest BCUT2D eigenvalue weighted by Gasteiger charge is 2.17. The van der Waals surface area contributed by atoms with Crippen LogP contribution in [0.5, 0.6) is 0 Å². The summed E-state index contributed by atoms with van der Waals surface area (Å²) in [6, 6.07) is 19.5. The number of benzene rings is 3. The molecule has 0 radical (unpaired) electrons. The maximum Gasteiger partial charge on any atom is 0.326 e. The number of carbonyl (C=O) groups is 2. The summed E-state index contributed by atoms with van der Waals surface area (Å²) in [6.45, 7) is 0.178. The SMILES string of the molecule is O=C(NCCN(C(=O)Nc1ccccc1)c1ccc(F)cc1)c1ccccc1F. The molecule has 0 aliphatic rings. The number of hydrogen-bond acceptors (Lipinski definition) is 2. The van der Waals surface area contributed by atoms with Gasteiger partial charge in [0.2, 0.25) is 0 Å². The van der Waals surface area contributed by atoms with Crippen molar-refractivity contribution in [3.05, 3.63) is 96.1 Å². The van der Waals surface area contributed by atoms with Gasteiger partial charge < -0.3 is 10.6 Å². The molecule has 148 valence electrons. The van der Waals surface area contributed by atoms with Gasteiger partial charge in [0, 0.05) is 24.5 Å². The first-order valence-electron chi connectivity index (χ1n) is 8.96. The molecule has 0 aliphatic carbocycles. The largest absolute Gasteiger partial charge is 0.350 e. The first-order valence-corrected chi connectivity index (χ1v) is 8.96. The van der Waals surface area contributed by atoms with Crippen LogP contribution in [0.2, 0.25) is 0 Å².